The van der Waals surface area contributed by atoms with Crippen LogP contribution in [0.25, 0.3) is 11.1 Å². The van der Waals surface area contributed by atoms with Crippen LogP contribution in [0.4, 0.5) is 0 Å². The van der Waals surface area contributed by atoms with Crippen molar-refractivity contribution in [3.05, 3.63) is 56.5 Å². The Kier molecular flexibility index (Phi) is 8.73. The molecule has 0 bridgehead atoms. The molecule has 3 aliphatic carbocycles. The highest BCUT2D eigenvalue weighted by Gasteiger charge is 2.66. The molecule has 2 aromatic carbocycles. The molecule has 2 heteroatoms. The fraction of sp³-hybridized carbons (Fsp3) is 0.647. The topological polar surface area (TPSA) is 0 Å². The summed E-state index contributed by atoms with van der Waals surface area (Å²) < 4.78 is 2.52. The summed E-state index contributed by atoms with van der Waals surface area (Å²) in [6, 6.07) is 14.4. The lowest BCUT2D eigenvalue weighted by molar-refractivity contribution is 0.299. The zero-order valence-electron chi connectivity index (χ0n) is 22.7. The van der Waals surface area contributed by atoms with Gasteiger partial charge in [0.05, 0.1) is 0 Å². The van der Waals surface area contributed by atoms with E-state index in [0.717, 1.165) is 11.8 Å². The molecule has 36 heavy (non-hydrogen) atoms. The third kappa shape index (κ3) is 4.92. The molecule has 0 saturated heterocycles. The summed E-state index contributed by atoms with van der Waals surface area (Å²) in [7, 11) is 0. The van der Waals surface area contributed by atoms with Crippen LogP contribution >= 0.6 is 31.9 Å². The molecule has 0 amide bonds. The molecule has 0 unspecified atom stereocenters. The van der Waals surface area contributed by atoms with Crippen molar-refractivity contribution in [2.75, 3.05) is 0 Å². The largest absolute Gasteiger partial charge is 0.0654 e. The smallest absolute Gasteiger partial charge is 0.0178 e. The third-order valence-corrected chi connectivity index (χ3v) is 11.2. The van der Waals surface area contributed by atoms with Crippen LogP contribution in [0, 0.1) is 11.8 Å². The Bertz CT molecular complexity index is 942. The molecule has 0 nitrogen and oxygen atoms in total. The van der Waals surface area contributed by atoms with Crippen LogP contribution in [-0.4, -0.2) is 0 Å². The van der Waals surface area contributed by atoms with Gasteiger partial charge < -0.3 is 0 Å². The molecule has 196 valence electrons. The van der Waals surface area contributed by atoms with Crippen molar-refractivity contribution in [3.8, 4) is 11.1 Å². The second kappa shape index (κ2) is 11.6. The molecular weight excluding hydrogens is 568 g/mol. The third-order valence-electron chi connectivity index (χ3n) is 10.2. The lowest BCUT2D eigenvalue weighted by Gasteiger charge is -2.47. The fourth-order valence-corrected chi connectivity index (χ4v) is 9.52. The van der Waals surface area contributed by atoms with Gasteiger partial charge in [0.15, 0.2) is 0 Å². The van der Waals surface area contributed by atoms with Crippen LogP contribution in [0.3, 0.4) is 0 Å². The second-order valence-corrected chi connectivity index (χ2v) is 14.3. The first-order valence-electron chi connectivity index (χ1n) is 15.1. The molecule has 0 atom stereocenters. The lowest BCUT2D eigenvalue weighted by Crippen LogP contribution is -2.43. The highest BCUT2D eigenvalue weighted by atomic mass is 79.9. The van der Waals surface area contributed by atoms with E-state index >= 15 is 0 Å². The first kappa shape index (κ1) is 27.0. The minimum Gasteiger partial charge on any atom is -0.0654 e. The maximum absolute atomic E-state index is 3.89. The average Bonchev–Trinajstić information content (AvgIpc) is 3.35. The van der Waals surface area contributed by atoms with Gasteiger partial charge in [-0.1, -0.05) is 135 Å². The molecule has 3 aliphatic rings. The quantitative estimate of drug-likeness (QED) is 0.209. The first-order valence-corrected chi connectivity index (χ1v) is 16.7. The van der Waals surface area contributed by atoms with Gasteiger partial charge in [0, 0.05) is 19.8 Å². The standard InChI is InChI=1S/C34H46Br2/c1-3-5-7-9-11-13-25-21-33-23-26(14-12-10-8-6-4-2)24-34(33,22-25)32-20-28(36)16-18-30(32)29-17-15-27(35)19-31(29)33/h15-20,25-26H,3-14,21-24H2,1-2H3. The monoisotopic (exact) mass is 612 g/mol. The van der Waals surface area contributed by atoms with Crippen molar-refractivity contribution in [2.45, 2.75) is 127 Å². The van der Waals surface area contributed by atoms with E-state index in [0.29, 0.717) is 10.8 Å². The van der Waals surface area contributed by atoms with Crippen LogP contribution in [0.5, 0.6) is 0 Å². The summed E-state index contributed by atoms with van der Waals surface area (Å²) in [6.07, 6.45) is 22.5. The van der Waals surface area contributed by atoms with Crippen LogP contribution in [0.2, 0.25) is 0 Å². The molecular formula is C34H46Br2. The van der Waals surface area contributed by atoms with Gasteiger partial charge in [0.1, 0.15) is 0 Å². The van der Waals surface area contributed by atoms with Gasteiger partial charge in [-0.05, 0) is 84.0 Å². The van der Waals surface area contributed by atoms with E-state index in [2.05, 4.69) is 82.1 Å². The summed E-state index contributed by atoms with van der Waals surface area (Å²) in [6.45, 7) is 4.65. The van der Waals surface area contributed by atoms with Crippen molar-refractivity contribution < 1.29 is 0 Å². The number of fused-ring (bicyclic) bond motifs is 3. The van der Waals surface area contributed by atoms with Gasteiger partial charge in [0.2, 0.25) is 0 Å². The van der Waals surface area contributed by atoms with Gasteiger partial charge in [-0.15, -0.1) is 0 Å². The molecule has 5 rings (SSSR count). The summed E-state index contributed by atoms with van der Waals surface area (Å²) in [5.74, 6) is 1.74. The normalized spacial score (nSPS) is 28.0. The van der Waals surface area contributed by atoms with Crippen LogP contribution in [0.15, 0.2) is 45.3 Å². The zero-order valence-corrected chi connectivity index (χ0v) is 25.9. The van der Waals surface area contributed by atoms with Crippen molar-refractivity contribution in [3.63, 3.8) is 0 Å². The van der Waals surface area contributed by atoms with Gasteiger partial charge in [-0.3, -0.25) is 0 Å². The number of unbranched alkanes of at least 4 members (excludes halogenated alkanes) is 8. The summed E-state index contributed by atoms with van der Waals surface area (Å²) >= 11 is 7.77. The Morgan fingerprint density at radius 2 is 0.972 bits per heavy atom. The second-order valence-electron chi connectivity index (χ2n) is 12.5. The summed E-state index contributed by atoms with van der Waals surface area (Å²) in [5, 5.41) is 0. The Morgan fingerprint density at radius 1 is 0.583 bits per heavy atom. The molecule has 0 N–H and O–H groups in total. The van der Waals surface area contributed by atoms with Crippen molar-refractivity contribution >= 4 is 31.9 Å². The van der Waals surface area contributed by atoms with E-state index in [1.807, 2.05) is 0 Å². The number of halogens is 2. The number of hydrogen-bond donors (Lipinski definition) is 0. The molecule has 0 heterocycles. The Balaban J connectivity index is 1.49. The maximum Gasteiger partial charge on any atom is 0.0178 e. The summed E-state index contributed by atoms with van der Waals surface area (Å²) in [5.41, 5.74) is 7.03. The van der Waals surface area contributed by atoms with Gasteiger partial charge >= 0.3 is 0 Å². The Morgan fingerprint density at radius 3 is 1.36 bits per heavy atom. The van der Waals surface area contributed by atoms with E-state index in [9.17, 15) is 0 Å². The average molecular weight is 615 g/mol. The van der Waals surface area contributed by atoms with Gasteiger partial charge in [-0.25, -0.2) is 0 Å². The molecule has 2 saturated carbocycles. The van der Waals surface area contributed by atoms with Crippen LogP contribution in [0.1, 0.15) is 128 Å². The van der Waals surface area contributed by atoms with E-state index in [1.54, 1.807) is 11.1 Å². The molecule has 0 aromatic heterocycles. The highest BCUT2D eigenvalue weighted by Crippen LogP contribution is 2.72. The van der Waals surface area contributed by atoms with E-state index in [-0.39, 0.29) is 0 Å². The first-order chi connectivity index (χ1) is 17.5. The van der Waals surface area contributed by atoms with Crippen LogP contribution in [-0.2, 0) is 10.8 Å². The predicted octanol–water partition coefficient (Wildman–Crippen LogP) is 11.9. The fourth-order valence-electron chi connectivity index (χ4n) is 8.79. The maximum atomic E-state index is 3.89. The van der Waals surface area contributed by atoms with Crippen LogP contribution < -0.4 is 0 Å². The van der Waals surface area contributed by atoms with Crippen molar-refractivity contribution in [2.24, 2.45) is 11.8 Å². The number of hydrogen-bond acceptors (Lipinski definition) is 0. The molecule has 0 aliphatic heterocycles. The van der Waals surface area contributed by atoms with Crippen molar-refractivity contribution in [1.82, 2.24) is 0 Å². The Labute approximate surface area is 237 Å². The van der Waals surface area contributed by atoms with E-state index in [4.69, 9.17) is 0 Å². The van der Waals surface area contributed by atoms with Gasteiger partial charge in [0.25, 0.3) is 0 Å². The molecule has 2 fully saturated rings. The molecule has 0 spiro atoms. The number of rotatable bonds is 12. The number of benzene rings is 2. The summed E-state index contributed by atoms with van der Waals surface area (Å²) in [4.78, 5) is 0. The highest BCUT2D eigenvalue weighted by molar-refractivity contribution is 9.10. The van der Waals surface area contributed by atoms with E-state index in [1.165, 1.54) is 123 Å². The predicted molar refractivity (Wildman–Crippen MR) is 163 cm³/mol. The molecule has 2 aromatic rings. The SMILES string of the molecule is CCCCCCCC1CC23CC(CCCCCCC)CC2(C1)c1cc(Br)ccc1-c1ccc(Br)cc13. The Hall–Kier alpha value is -0.600. The lowest BCUT2D eigenvalue weighted by atomic mass is 9.55. The zero-order chi connectivity index (χ0) is 25.2. The minimum absolute atomic E-state index is 0.322. The molecule has 0 radical (unpaired) electrons. The van der Waals surface area contributed by atoms with E-state index < -0.39 is 0 Å². The van der Waals surface area contributed by atoms with Gasteiger partial charge in [-0.2, -0.15) is 0 Å². The van der Waals surface area contributed by atoms with Crippen molar-refractivity contribution in [1.29, 1.82) is 0 Å². The minimum atomic E-state index is 0.322.